The van der Waals surface area contributed by atoms with Crippen molar-refractivity contribution in [2.24, 2.45) is 0 Å². The number of carbonyl (C=O) groups is 3. The normalized spacial score (nSPS) is 12.6. The number of hydrogen-bond acceptors (Lipinski definition) is 6. The summed E-state index contributed by atoms with van der Waals surface area (Å²) in [6.07, 6.45) is 3.56. The van der Waals surface area contributed by atoms with E-state index in [9.17, 15) is 24.0 Å². The van der Waals surface area contributed by atoms with Crippen LogP contribution in [-0.2, 0) is 27.2 Å². The van der Waals surface area contributed by atoms with E-state index in [0.717, 1.165) is 36.1 Å². The molecule has 1 aliphatic carbocycles. The van der Waals surface area contributed by atoms with Gasteiger partial charge in [0, 0.05) is 16.9 Å². The Morgan fingerprint density at radius 3 is 2.59 bits per heavy atom. The number of nitrogens with zero attached hydrogens (tertiary/aromatic N) is 1. The Labute approximate surface area is 171 Å². The molecule has 0 radical (unpaired) electrons. The first-order valence-corrected chi connectivity index (χ1v) is 10.1. The second-order valence-corrected chi connectivity index (χ2v) is 7.77. The minimum atomic E-state index is -0.679. The smallest absolute Gasteiger partial charge is 0.306 e. The zero-order valence-electron chi connectivity index (χ0n) is 15.6. The molecule has 29 heavy (non-hydrogen) atoms. The molecule has 8 heteroatoms. The molecule has 1 N–H and O–H groups in total. The summed E-state index contributed by atoms with van der Waals surface area (Å²) in [6.45, 7) is -0.489. The first kappa shape index (κ1) is 20.7. The lowest BCUT2D eigenvalue weighted by Crippen LogP contribution is -2.21. The number of esters is 1. The van der Waals surface area contributed by atoms with Crippen LogP contribution in [0.4, 0.5) is 9.39 Å². The van der Waals surface area contributed by atoms with Crippen LogP contribution in [0.2, 0.25) is 0 Å². The quantitative estimate of drug-likeness (QED) is 0.549. The minimum Gasteiger partial charge on any atom is -0.456 e. The number of amides is 1. The molecule has 1 aromatic heterocycles. The number of ether oxygens (including phenoxy) is 1. The van der Waals surface area contributed by atoms with Crippen molar-refractivity contribution in [3.8, 4) is 6.07 Å². The second-order valence-electron chi connectivity index (χ2n) is 6.67. The van der Waals surface area contributed by atoms with Gasteiger partial charge in [-0.3, -0.25) is 14.4 Å². The maximum absolute atomic E-state index is 12.9. The van der Waals surface area contributed by atoms with Crippen LogP contribution in [0.25, 0.3) is 0 Å². The summed E-state index contributed by atoms with van der Waals surface area (Å²) in [7, 11) is 0. The van der Waals surface area contributed by atoms with Gasteiger partial charge in [0.2, 0.25) is 0 Å². The van der Waals surface area contributed by atoms with E-state index in [1.807, 2.05) is 0 Å². The van der Waals surface area contributed by atoms with Gasteiger partial charge in [-0.15, -0.1) is 11.3 Å². The van der Waals surface area contributed by atoms with Gasteiger partial charge in [0.25, 0.3) is 5.91 Å². The summed E-state index contributed by atoms with van der Waals surface area (Å²) in [5, 5.41) is 12.5. The minimum absolute atomic E-state index is 0.0949. The summed E-state index contributed by atoms with van der Waals surface area (Å²) in [6, 6.07) is 7.20. The second kappa shape index (κ2) is 9.43. The number of thiophene rings is 1. The molecule has 6 nitrogen and oxygen atoms in total. The molecule has 1 aromatic carbocycles. The molecular formula is C21H19FN2O4S. The van der Waals surface area contributed by atoms with Gasteiger partial charge >= 0.3 is 5.97 Å². The first-order chi connectivity index (χ1) is 14.0. The third kappa shape index (κ3) is 5.27. The largest absolute Gasteiger partial charge is 0.456 e. The molecule has 1 amide bonds. The van der Waals surface area contributed by atoms with Crippen molar-refractivity contribution >= 4 is 34.0 Å². The SMILES string of the molecule is N#Cc1c(NC(=O)COC(=O)CCC(=O)c2ccc(F)cc2)sc2c1CCCC2. The highest BCUT2D eigenvalue weighted by Gasteiger charge is 2.22. The van der Waals surface area contributed by atoms with Crippen LogP contribution in [0.15, 0.2) is 24.3 Å². The maximum atomic E-state index is 12.9. The molecule has 0 unspecified atom stereocenters. The summed E-state index contributed by atoms with van der Waals surface area (Å²) in [5.74, 6) is -1.97. The number of fused-ring (bicyclic) bond motifs is 1. The highest BCUT2D eigenvalue weighted by atomic mass is 32.1. The predicted molar refractivity (Wildman–Crippen MR) is 105 cm³/mol. The van der Waals surface area contributed by atoms with Gasteiger partial charge in [0.1, 0.15) is 16.9 Å². The molecule has 2 aromatic rings. The number of Topliss-reactive ketones (excluding diaryl/α,β-unsaturated/α-hetero) is 1. The molecule has 1 aliphatic rings. The molecule has 0 bridgehead atoms. The first-order valence-electron chi connectivity index (χ1n) is 9.27. The molecule has 1 heterocycles. The summed E-state index contributed by atoms with van der Waals surface area (Å²) in [5.41, 5.74) is 1.81. The average Bonchev–Trinajstić information content (AvgIpc) is 3.07. The third-order valence-electron chi connectivity index (χ3n) is 4.62. The number of benzene rings is 1. The molecule has 0 fully saturated rings. The number of anilines is 1. The Bertz CT molecular complexity index is 976. The van der Waals surface area contributed by atoms with Gasteiger partial charge in [-0.05, 0) is 55.5 Å². The fourth-order valence-corrected chi connectivity index (χ4v) is 4.40. The number of rotatable bonds is 7. The van der Waals surface area contributed by atoms with Gasteiger partial charge in [-0.2, -0.15) is 5.26 Å². The molecular weight excluding hydrogens is 395 g/mol. The van der Waals surface area contributed by atoms with Gasteiger partial charge < -0.3 is 10.1 Å². The highest BCUT2D eigenvalue weighted by molar-refractivity contribution is 7.16. The van der Waals surface area contributed by atoms with E-state index < -0.39 is 24.3 Å². The molecule has 0 saturated carbocycles. The van der Waals surface area contributed by atoms with Gasteiger partial charge in [0.15, 0.2) is 12.4 Å². The summed E-state index contributed by atoms with van der Waals surface area (Å²) >= 11 is 1.40. The van der Waals surface area contributed by atoms with E-state index in [1.165, 1.54) is 35.6 Å². The van der Waals surface area contributed by atoms with Crippen molar-refractivity contribution in [2.45, 2.75) is 38.5 Å². The van der Waals surface area contributed by atoms with Crippen LogP contribution in [0.1, 0.15) is 52.0 Å². The fourth-order valence-electron chi connectivity index (χ4n) is 3.15. The van der Waals surface area contributed by atoms with Crippen LogP contribution in [-0.4, -0.2) is 24.3 Å². The van der Waals surface area contributed by atoms with E-state index in [0.29, 0.717) is 16.1 Å². The maximum Gasteiger partial charge on any atom is 0.306 e. The Morgan fingerprint density at radius 2 is 1.86 bits per heavy atom. The number of aryl methyl sites for hydroxylation is 1. The number of carbonyl (C=O) groups excluding carboxylic acids is 3. The number of hydrogen-bond donors (Lipinski definition) is 1. The number of nitrogens with one attached hydrogen (secondary N) is 1. The lowest BCUT2D eigenvalue weighted by Gasteiger charge is -2.09. The van der Waals surface area contributed by atoms with E-state index in [4.69, 9.17) is 4.74 Å². The highest BCUT2D eigenvalue weighted by Crippen LogP contribution is 2.37. The van der Waals surface area contributed by atoms with Crippen molar-refractivity contribution in [1.82, 2.24) is 0 Å². The molecule has 0 aliphatic heterocycles. The van der Waals surface area contributed by atoms with Crippen LogP contribution in [0, 0.1) is 17.1 Å². The Morgan fingerprint density at radius 1 is 1.14 bits per heavy atom. The lowest BCUT2D eigenvalue weighted by atomic mass is 9.96. The van der Waals surface area contributed by atoms with Crippen molar-refractivity contribution in [3.63, 3.8) is 0 Å². The monoisotopic (exact) mass is 414 g/mol. The van der Waals surface area contributed by atoms with Crippen molar-refractivity contribution in [1.29, 1.82) is 5.26 Å². The summed E-state index contributed by atoms with van der Waals surface area (Å²) in [4.78, 5) is 37.0. The molecule has 0 spiro atoms. The Kier molecular flexibility index (Phi) is 6.73. The lowest BCUT2D eigenvalue weighted by molar-refractivity contribution is -0.147. The van der Waals surface area contributed by atoms with E-state index >= 15 is 0 Å². The number of nitriles is 1. The Balaban J connectivity index is 1.46. The third-order valence-corrected chi connectivity index (χ3v) is 5.83. The van der Waals surface area contributed by atoms with Crippen molar-refractivity contribution < 1.29 is 23.5 Å². The zero-order chi connectivity index (χ0) is 20.8. The van der Waals surface area contributed by atoms with Crippen molar-refractivity contribution in [2.75, 3.05) is 11.9 Å². The number of halogens is 1. The Hall–Kier alpha value is -3.05. The average molecular weight is 414 g/mol. The van der Waals surface area contributed by atoms with E-state index in [1.54, 1.807) is 0 Å². The van der Waals surface area contributed by atoms with E-state index in [2.05, 4.69) is 11.4 Å². The van der Waals surface area contributed by atoms with E-state index in [-0.39, 0.29) is 18.6 Å². The molecule has 0 saturated heterocycles. The van der Waals surface area contributed by atoms with Crippen molar-refractivity contribution in [3.05, 3.63) is 51.7 Å². The van der Waals surface area contributed by atoms with Gasteiger partial charge in [-0.25, -0.2) is 4.39 Å². The van der Waals surface area contributed by atoms with Crippen LogP contribution in [0.3, 0.4) is 0 Å². The van der Waals surface area contributed by atoms with Crippen LogP contribution in [0.5, 0.6) is 0 Å². The predicted octanol–water partition coefficient (Wildman–Crippen LogP) is 3.78. The van der Waals surface area contributed by atoms with Gasteiger partial charge in [-0.1, -0.05) is 0 Å². The molecule has 150 valence electrons. The van der Waals surface area contributed by atoms with Crippen LogP contribution >= 0.6 is 11.3 Å². The molecule has 3 rings (SSSR count). The van der Waals surface area contributed by atoms with Crippen LogP contribution < -0.4 is 5.32 Å². The number of ketones is 1. The topological polar surface area (TPSA) is 96.3 Å². The van der Waals surface area contributed by atoms with Gasteiger partial charge in [0.05, 0.1) is 12.0 Å². The summed E-state index contributed by atoms with van der Waals surface area (Å²) < 4.78 is 17.8. The molecule has 0 atom stereocenters. The fraction of sp³-hybridized carbons (Fsp3) is 0.333. The standard InChI is InChI=1S/C21H19FN2O4S/c22-14-7-5-13(6-8-14)17(25)9-10-20(27)28-12-19(26)24-21-16(11-23)15-3-1-2-4-18(15)29-21/h5-8H,1-4,9-10,12H2,(H,24,26). The zero-order valence-corrected chi connectivity index (χ0v) is 16.4.